The first-order valence-electron chi connectivity index (χ1n) is 9.68. The lowest BCUT2D eigenvalue weighted by Gasteiger charge is -2.33. The van der Waals surface area contributed by atoms with E-state index >= 15 is 0 Å². The number of amides is 1. The summed E-state index contributed by atoms with van der Waals surface area (Å²) in [7, 11) is 0. The van der Waals surface area contributed by atoms with Gasteiger partial charge in [0, 0.05) is 23.2 Å². The van der Waals surface area contributed by atoms with Crippen LogP contribution in [0.1, 0.15) is 45.7 Å². The summed E-state index contributed by atoms with van der Waals surface area (Å²) in [5, 5.41) is 10.2. The quantitative estimate of drug-likeness (QED) is 0.511. The van der Waals surface area contributed by atoms with Gasteiger partial charge < -0.3 is 10.6 Å². The van der Waals surface area contributed by atoms with Gasteiger partial charge in [0.25, 0.3) is 5.91 Å². The van der Waals surface area contributed by atoms with Gasteiger partial charge in [0.1, 0.15) is 5.82 Å². The molecule has 9 heteroatoms. The number of fused-ring (bicyclic) bond motifs is 1. The van der Waals surface area contributed by atoms with E-state index in [0.717, 1.165) is 21.4 Å². The van der Waals surface area contributed by atoms with E-state index in [2.05, 4.69) is 15.7 Å². The van der Waals surface area contributed by atoms with E-state index in [0.29, 0.717) is 10.7 Å². The highest BCUT2D eigenvalue weighted by molar-refractivity contribution is 6.31. The van der Waals surface area contributed by atoms with Gasteiger partial charge in [-0.05, 0) is 37.1 Å². The standard InChI is InChI=1S/C22H20ClF3N4O/c1-12-3-6-14(7-4-12)17-10-19(22(24,25)26)30-20(28-17)11-18(29-30)21(31)27-15-8-5-13(2)16(23)9-15/h3-9,11,17,19,28H,10H2,1-2H3,(H,27,31)/t17-,19-/m1/s1. The Morgan fingerprint density at radius 3 is 2.52 bits per heavy atom. The number of carbonyl (C=O) groups is 1. The number of anilines is 2. The molecule has 2 aromatic carbocycles. The Balaban J connectivity index is 1.63. The fraction of sp³-hybridized carbons (Fsp3) is 0.273. The van der Waals surface area contributed by atoms with Crippen LogP contribution in [0.2, 0.25) is 5.02 Å². The van der Waals surface area contributed by atoms with Gasteiger partial charge in [0.15, 0.2) is 11.7 Å². The van der Waals surface area contributed by atoms with Crippen molar-refractivity contribution in [2.24, 2.45) is 0 Å². The van der Waals surface area contributed by atoms with Crippen LogP contribution in [0.15, 0.2) is 48.5 Å². The average Bonchev–Trinajstić information content (AvgIpc) is 3.14. The molecule has 2 atom stereocenters. The van der Waals surface area contributed by atoms with E-state index in [1.807, 2.05) is 26.0 Å². The first-order valence-corrected chi connectivity index (χ1v) is 10.1. The van der Waals surface area contributed by atoms with Gasteiger partial charge in [0.2, 0.25) is 0 Å². The summed E-state index contributed by atoms with van der Waals surface area (Å²) in [5.74, 6) is -0.470. The number of nitrogens with zero attached hydrogens (tertiary/aromatic N) is 2. The number of benzene rings is 2. The van der Waals surface area contributed by atoms with Gasteiger partial charge in [-0.1, -0.05) is 47.5 Å². The topological polar surface area (TPSA) is 59.0 Å². The fourth-order valence-electron chi connectivity index (χ4n) is 3.57. The molecule has 1 amide bonds. The zero-order valence-corrected chi connectivity index (χ0v) is 17.6. The Morgan fingerprint density at radius 1 is 1.16 bits per heavy atom. The number of hydrogen-bond donors (Lipinski definition) is 2. The average molecular weight is 449 g/mol. The summed E-state index contributed by atoms with van der Waals surface area (Å²) in [6.45, 7) is 3.74. The van der Waals surface area contributed by atoms with Crippen molar-refractivity contribution in [3.8, 4) is 0 Å². The van der Waals surface area contributed by atoms with Gasteiger partial charge in [0.05, 0.1) is 6.04 Å². The van der Waals surface area contributed by atoms with E-state index < -0.39 is 24.2 Å². The molecule has 4 rings (SSSR count). The van der Waals surface area contributed by atoms with E-state index in [4.69, 9.17) is 11.6 Å². The van der Waals surface area contributed by atoms with Gasteiger partial charge >= 0.3 is 6.18 Å². The van der Waals surface area contributed by atoms with Crippen LogP contribution in [0.5, 0.6) is 0 Å². The number of hydrogen-bond acceptors (Lipinski definition) is 3. The number of carbonyl (C=O) groups excluding carboxylic acids is 1. The molecular weight excluding hydrogens is 429 g/mol. The van der Waals surface area contributed by atoms with Crippen LogP contribution < -0.4 is 10.6 Å². The first kappa shape index (κ1) is 21.2. The largest absolute Gasteiger partial charge is 0.410 e. The third-order valence-electron chi connectivity index (χ3n) is 5.33. The second-order valence-corrected chi connectivity index (χ2v) is 8.09. The minimum absolute atomic E-state index is 0.113. The van der Waals surface area contributed by atoms with E-state index in [-0.39, 0.29) is 17.9 Å². The number of halogens is 4. The molecule has 0 spiro atoms. The zero-order valence-electron chi connectivity index (χ0n) is 16.8. The minimum Gasteiger partial charge on any atom is -0.363 e. The first-order chi connectivity index (χ1) is 14.6. The van der Waals surface area contributed by atoms with Crippen molar-refractivity contribution in [2.75, 3.05) is 10.6 Å². The lowest BCUT2D eigenvalue weighted by Crippen LogP contribution is -2.35. The molecule has 0 saturated heterocycles. The number of rotatable bonds is 3. The molecule has 1 aromatic heterocycles. The van der Waals surface area contributed by atoms with Gasteiger partial charge in [-0.15, -0.1) is 0 Å². The van der Waals surface area contributed by atoms with Crippen LogP contribution in [0.25, 0.3) is 0 Å². The summed E-state index contributed by atoms with van der Waals surface area (Å²) >= 11 is 6.07. The Kier molecular flexibility index (Phi) is 5.43. The lowest BCUT2D eigenvalue weighted by molar-refractivity contribution is -0.173. The SMILES string of the molecule is Cc1ccc([C@H]2C[C@H](C(F)(F)F)n3nc(C(=O)Nc4ccc(C)c(Cl)c4)cc3N2)cc1. The predicted molar refractivity (Wildman–Crippen MR) is 114 cm³/mol. The van der Waals surface area contributed by atoms with E-state index in [9.17, 15) is 18.0 Å². The highest BCUT2D eigenvalue weighted by atomic mass is 35.5. The molecule has 2 heterocycles. The maximum atomic E-state index is 13.8. The van der Waals surface area contributed by atoms with Crippen molar-refractivity contribution in [1.82, 2.24) is 9.78 Å². The Morgan fingerprint density at radius 2 is 1.87 bits per heavy atom. The van der Waals surface area contributed by atoms with Crippen LogP contribution in [-0.2, 0) is 0 Å². The summed E-state index contributed by atoms with van der Waals surface area (Å²) in [6.07, 6.45) is -4.74. The molecule has 1 aliphatic rings. The second-order valence-electron chi connectivity index (χ2n) is 7.68. The molecule has 3 aromatic rings. The summed E-state index contributed by atoms with van der Waals surface area (Å²) in [4.78, 5) is 12.6. The Labute approximate surface area is 182 Å². The molecule has 5 nitrogen and oxygen atoms in total. The van der Waals surface area contributed by atoms with Crippen molar-refractivity contribution in [3.05, 3.63) is 75.9 Å². The summed E-state index contributed by atoms with van der Waals surface area (Å²) < 4.78 is 42.3. The lowest BCUT2D eigenvalue weighted by atomic mass is 9.96. The third kappa shape index (κ3) is 4.39. The predicted octanol–water partition coefficient (Wildman–Crippen LogP) is 6.07. The molecule has 0 radical (unpaired) electrons. The van der Waals surface area contributed by atoms with Crippen LogP contribution >= 0.6 is 11.6 Å². The summed E-state index contributed by atoms with van der Waals surface area (Å²) in [6, 6.07) is 11.3. The number of nitrogens with one attached hydrogen (secondary N) is 2. The monoisotopic (exact) mass is 448 g/mol. The number of aromatic nitrogens is 2. The molecule has 2 N–H and O–H groups in total. The molecule has 0 saturated carbocycles. The van der Waals surface area contributed by atoms with Crippen molar-refractivity contribution in [2.45, 2.75) is 38.5 Å². The van der Waals surface area contributed by atoms with E-state index in [1.54, 1.807) is 30.3 Å². The highest BCUT2D eigenvalue weighted by Crippen LogP contribution is 2.43. The van der Waals surface area contributed by atoms with Crippen molar-refractivity contribution < 1.29 is 18.0 Å². The molecular formula is C22H20ClF3N4O. The highest BCUT2D eigenvalue weighted by Gasteiger charge is 2.46. The number of alkyl halides is 3. The maximum Gasteiger partial charge on any atom is 0.410 e. The molecule has 0 aliphatic carbocycles. The molecule has 1 aliphatic heterocycles. The van der Waals surface area contributed by atoms with Crippen LogP contribution in [-0.4, -0.2) is 21.9 Å². The van der Waals surface area contributed by atoms with Gasteiger partial charge in [-0.3, -0.25) is 4.79 Å². The molecule has 0 fully saturated rings. The summed E-state index contributed by atoms with van der Waals surface area (Å²) in [5.41, 5.74) is 2.93. The maximum absolute atomic E-state index is 13.8. The minimum atomic E-state index is -4.51. The fourth-order valence-corrected chi connectivity index (χ4v) is 3.75. The smallest absolute Gasteiger partial charge is 0.363 e. The number of aryl methyl sites for hydroxylation is 2. The van der Waals surface area contributed by atoms with Crippen molar-refractivity contribution in [3.63, 3.8) is 0 Å². The molecule has 0 unspecified atom stereocenters. The molecule has 31 heavy (non-hydrogen) atoms. The van der Waals surface area contributed by atoms with Crippen molar-refractivity contribution >= 4 is 29.0 Å². The molecule has 162 valence electrons. The second kappa shape index (κ2) is 7.92. The van der Waals surface area contributed by atoms with Crippen molar-refractivity contribution in [1.29, 1.82) is 0 Å². The zero-order chi connectivity index (χ0) is 22.3. The Hall–Kier alpha value is -3.00. The van der Waals surface area contributed by atoms with Crippen LogP contribution in [0, 0.1) is 13.8 Å². The molecule has 0 bridgehead atoms. The van der Waals surface area contributed by atoms with Crippen LogP contribution in [0.3, 0.4) is 0 Å². The Bertz CT molecular complexity index is 1120. The van der Waals surface area contributed by atoms with Crippen LogP contribution in [0.4, 0.5) is 24.7 Å². The normalized spacial score (nSPS) is 18.3. The van der Waals surface area contributed by atoms with Gasteiger partial charge in [-0.25, -0.2) is 4.68 Å². The third-order valence-corrected chi connectivity index (χ3v) is 5.74. The van der Waals surface area contributed by atoms with Gasteiger partial charge in [-0.2, -0.15) is 18.3 Å². The van der Waals surface area contributed by atoms with E-state index in [1.165, 1.54) is 6.07 Å².